The predicted octanol–water partition coefficient (Wildman–Crippen LogP) is 1.80. The van der Waals surface area contributed by atoms with Gasteiger partial charge in [-0.25, -0.2) is 0 Å². The molecule has 84 valence electrons. The van der Waals surface area contributed by atoms with Gasteiger partial charge in [-0.3, -0.25) is 4.79 Å². The lowest BCUT2D eigenvalue weighted by Crippen LogP contribution is -2.49. The monoisotopic (exact) mass is 219 g/mol. The van der Waals surface area contributed by atoms with Crippen LogP contribution in [0, 0.1) is 0 Å². The molecule has 0 rings (SSSR count). The van der Waals surface area contributed by atoms with Gasteiger partial charge in [-0.15, -0.1) is 0 Å². The van der Waals surface area contributed by atoms with Gasteiger partial charge < -0.3 is 10.5 Å². The Hall–Kier alpha value is -0.220. The highest BCUT2D eigenvalue weighted by Crippen LogP contribution is 2.26. The summed E-state index contributed by atoms with van der Waals surface area (Å²) in [5, 5.41) is 0. The molecule has 0 aliphatic rings. The van der Waals surface area contributed by atoms with Crippen molar-refractivity contribution >= 4 is 17.7 Å². The normalized spacial score (nSPS) is 16.1. The van der Waals surface area contributed by atoms with E-state index in [1.54, 1.807) is 25.6 Å². The average Bonchev–Trinajstić information content (AvgIpc) is 2.00. The smallest absolute Gasteiger partial charge is 0.326 e. The molecule has 0 aromatic rings. The third kappa shape index (κ3) is 5.50. The number of hydrogen-bond acceptors (Lipinski definition) is 4. The third-order valence-electron chi connectivity index (χ3n) is 1.55. The summed E-state index contributed by atoms with van der Waals surface area (Å²) in [5.41, 5.74) is 4.98. The third-order valence-corrected chi connectivity index (χ3v) is 3.16. The Bertz CT molecular complexity index is 197. The zero-order valence-electron chi connectivity index (χ0n) is 9.72. The van der Waals surface area contributed by atoms with Crippen LogP contribution >= 0.6 is 11.8 Å². The summed E-state index contributed by atoms with van der Waals surface area (Å²) in [4.78, 5) is 11.4. The molecule has 0 heterocycles. The van der Waals surface area contributed by atoms with E-state index >= 15 is 0 Å². The molecular formula is C10H21NO2S. The van der Waals surface area contributed by atoms with E-state index in [9.17, 15) is 4.79 Å². The van der Waals surface area contributed by atoms with Crippen LogP contribution in [-0.2, 0) is 9.53 Å². The molecule has 0 aliphatic carbocycles. The number of carbonyl (C=O) groups is 1. The molecule has 0 aromatic carbocycles. The Balaban J connectivity index is 4.13. The zero-order valence-corrected chi connectivity index (χ0v) is 10.5. The van der Waals surface area contributed by atoms with Crippen LogP contribution in [0.15, 0.2) is 0 Å². The van der Waals surface area contributed by atoms with E-state index in [1.807, 2.05) is 0 Å². The first-order chi connectivity index (χ1) is 6.19. The summed E-state index contributed by atoms with van der Waals surface area (Å²) in [7, 11) is 0. The van der Waals surface area contributed by atoms with Crippen LogP contribution in [-0.4, -0.2) is 28.6 Å². The minimum atomic E-state index is -0.881. The van der Waals surface area contributed by atoms with Crippen molar-refractivity contribution < 1.29 is 9.53 Å². The van der Waals surface area contributed by atoms with E-state index in [0.29, 0.717) is 12.4 Å². The molecule has 0 fully saturated rings. The molecule has 3 nitrogen and oxygen atoms in total. The topological polar surface area (TPSA) is 52.3 Å². The van der Waals surface area contributed by atoms with Gasteiger partial charge in [0.25, 0.3) is 0 Å². The molecule has 0 saturated carbocycles. The zero-order chi connectivity index (χ0) is 11.4. The number of esters is 1. The van der Waals surface area contributed by atoms with Crippen LogP contribution in [0.3, 0.4) is 0 Å². The number of ether oxygens (including phenoxy) is 1. The number of thioether (sulfide) groups is 1. The Labute approximate surface area is 90.8 Å². The average molecular weight is 219 g/mol. The summed E-state index contributed by atoms with van der Waals surface area (Å²) in [5.74, 6) is 0.256. The van der Waals surface area contributed by atoms with Crippen LogP contribution in [0.1, 0.15) is 34.6 Å². The quantitative estimate of drug-likeness (QED) is 0.733. The van der Waals surface area contributed by atoms with Gasteiger partial charge >= 0.3 is 5.97 Å². The maximum absolute atomic E-state index is 11.4. The van der Waals surface area contributed by atoms with E-state index in [4.69, 9.17) is 10.5 Å². The molecule has 0 spiro atoms. The van der Waals surface area contributed by atoms with Crippen molar-refractivity contribution in [3.8, 4) is 0 Å². The lowest BCUT2D eigenvalue weighted by molar-refractivity contribution is -0.148. The van der Waals surface area contributed by atoms with Gasteiger partial charge in [0.15, 0.2) is 0 Å². The van der Waals surface area contributed by atoms with Gasteiger partial charge in [-0.1, -0.05) is 20.8 Å². The number of rotatable bonds is 4. The highest BCUT2D eigenvalue weighted by atomic mass is 32.2. The molecule has 14 heavy (non-hydrogen) atoms. The first kappa shape index (κ1) is 13.8. The second kappa shape index (κ2) is 5.03. The largest absolute Gasteiger partial charge is 0.465 e. The van der Waals surface area contributed by atoms with E-state index in [0.717, 1.165) is 0 Å². The first-order valence-electron chi connectivity index (χ1n) is 4.79. The fourth-order valence-electron chi connectivity index (χ4n) is 0.721. The van der Waals surface area contributed by atoms with Gasteiger partial charge in [0.05, 0.1) is 6.61 Å². The standard InChI is InChI=1S/C10H21NO2S/c1-6-13-8(12)10(5,11)7-14-9(2,3)4/h6-7,11H2,1-5H3. The van der Waals surface area contributed by atoms with E-state index in [1.165, 1.54) is 0 Å². The minimum absolute atomic E-state index is 0.118. The van der Waals surface area contributed by atoms with Crippen LogP contribution in [0.2, 0.25) is 0 Å². The first-order valence-corrected chi connectivity index (χ1v) is 5.77. The van der Waals surface area contributed by atoms with Crippen molar-refractivity contribution in [1.29, 1.82) is 0 Å². The van der Waals surface area contributed by atoms with E-state index < -0.39 is 5.54 Å². The lowest BCUT2D eigenvalue weighted by Gasteiger charge is -2.26. The molecule has 1 atom stereocenters. The Morgan fingerprint density at radius 3 is 2.21 bits per heavy atom. The van der Waals surface area contributed by atoms with Gasteiger partial charge in [0.1, 0.15) is 5.54 Å². The molecule has 4 heteroatoms. The van der Waals surface area contributed by atoms with Crippen molar-refractivity contribution in [2.45, 2.75) is 44.9 Å². The second-order valence-electron chi connectivity index (χ2n) is 4.54. The van der Waals surface area contributed by atoms with Gasteiger partial charge in [-0.2, -0.15) is 11.8 Å². The predicted molar refractivity (Wildman–Crippen MR) is 61.4 cm³/mol. The molecular weight excluding hydrogens is 198 g/mol. The molecule has 0 bridgehead atoms. The van der Waals surface area contributed by atoms with Gasteiger partial charge in [0, 0.05) is 10.5 Å². The fourth-order valence-corrected chi connectivity index (χ4v) is 1.57. The Morgan fingerprint density at radius 1 is 1.36 bits per heavy atom. The van der Waals surface area contributed by atoms with E-state index in [2.05, 4.69) is 20.8 Å². The molecule has 0 radical (unpaired) electrons. The van der Waals surface area contributed by atoms with Crippen LogP contribution < -0.4 is 5.73 Å². The highest BCUT2D eigenvalue weighted by molar-refractivity contribution is 8.00. The molecule has 2 N–H and O–H groups in total. The van der Waals surface area contributed by atoms with Crippen molar-refractivity contribution in [2.75, 3.05) is 12.4 Å². The number of carbonyl (C=O) groups excluding carboxylic acids is 1. The van der Waals surface area contributed by atoms with Gasteiger partial charge in [0.2, 0.25) is 0 Å². The summed E-state index contributed by atoms with van der Waals surface area (Å²) in [6.07, 6.45) is 0. The minimum Gasteiger partial charge on any atom is -0.465 e. The molecule has 0 aliphatic heterocycles. The molecule has 0 aromatic heterocycles. The number of nitrogens with two attached hydrogens (primary N) is 1. The summed E-state index contributed by atoms with van der Waals surface area (Å²) >= 11 is 1.67. The lowest BCUT2D eigenvalue weighted by atomic mass is 10.1. The Morgan fingerprint density at radius 2 is 1.86 bits per heavy atom. The fraction of sp³-hybridized carbons (Fsp3) is 0.900. The van der Waals surface area contributed by atoms with Crippen LogP contribution in [0.5, 0.6) is 0 Å². The Kier molecular flexibility index (Phi) is 4.95. The molecule has 0 saturated heterocycles. The maximum Gasteiger partial charge on any atom is 0.326 e. The number of hydrogen-bond donors (Lipinski definition) is 1. The molecule has 1 unspecified atom stereocenters. The van der Waals surface area contributed by atoms with Crippen LogP contribution in [0.4, 0.5) is 0 Å². The van der Waals surface area contributed by atoms with Crippen molar-refractivity contribution in [2.24, 2.45) is 5.73 Å². The summed E-state index contributed by atoms with van der Waals surface area (Å²) in [6.45, 7) is 10.2. The van der Waals surface area contributed by atoms with Crippen molar-refractivity contribution in [1.82, 2.24) is 0 Å². The maximum atomic E-state index is 11.4. The van der Waals surface area contributed by atoms with Crippen molar-refractivity contribution in [3.05, 3.63) is 0 Å². The SMILES string of the molecule is CCOC(=O)C(C)(N)CSC(C)(C)C. The highest BCUT2D eigenvalue weighted by Gasteiger charge is 2.31. The van der Waals surface area contributed by atoms with Crippen molar-refractivity contribution in [3.63, 3.8) is 0 Å². The van der Waals surface area contributed by atoms with Gasteiger partial charge in [-0.05, 0) is 13.8 Å². The van der Waals surface area contributed by atoms with Crippen LogP contribution in [0.25, 0.3) is 0 Å². The second-order valence-corrected chi connectivity index (χ2v) is 6.34. The van der Waals surface area contributed by atoms with E-state index in [-0.39, 0.29) is 10.7 Å². The molecule has 0 amide bonds. The summed E-state index contributed by atoms with van der Waals surface area (Å²) in [6, 6.07) is 0. The summed E-state index contributed by atoms with van der Waals surface area (Å²) < 4.78 is 5.01.